The number of hydrogen-bond donors (Lipinski definition) is 2. The highest BCUT2D eigenvalue weighted by molar-refractivity contribution is 6.09. The minimum absolute atomic E-state index is 0.0881. The van der Waals surface area contributed by atoms with Crippen LogP contribution in [0.1, 0.15) is 23.6 Å². The summed E-state index contributed by atoms with van der Waals surface area (Å²) >= 11 is 0. The fourth-order valence-corrected chi connectivity index (χ4v) is 3.77. The number of rotatable bonds is 7. The van der Waals surface area contributed by atoms with E-state index in [1.54, 1.807) is 22.9 Å². The molecule has 1 saturated heterocycles. The third-order valence-electron chi connectivity index (χ3n) is 5.76. The van der Waals surface area contributed by atoms with Crippen molar-refractivity contribution in [3.63, 3.8) is 0 Å². The maximum atomic E-state index is 13.2. The van der Waals surface area contributed by atoms with E-state index in [9.17, 15) is 23.6 Å². The van der Waals surface area contributed by atoms with E-state index in [1.807, 2.05) is 24.3 Å². The maximum Gasteiger partial charge on any atom is 0.325 e. The van der Waals surface area contributed by atoms with E-state index in [0.717, 1.165) is 16.0 Å². The molecular formula is C25H23FN4O4. The lowest BCUT2D eigenvalue weighted by molar-refractivity contribution is -0.134. The number of amides is 4. The van der Waals surface area contributed by atoms with Gasteiger partial charge < -0.3 is 15.2 Å². The Morgan fingerprint density at radius 3 is 2.32 bits per heavy atom. The van der Waals surface area contributed by atoms with E-state index in [0.29, 0.717) is 12.1 Å². The molecule has 4 rings (SSSR count). The molecule has 1 aliphatic rings. The van der Waals surface area contributed by atoms with E-state index in [1.165, 1.54) is 37.3 Å². The van der Waals surface area contributed by atoms with Gasteiger partial charge in [-0.25, -0.2) is 9.18 Å². The van der Waals surface area contributed by atoms with Crippen molar-refractivity contribution < 1.29 is 18.8 Å². The van der Waals surface area contributed by atoms with Crippen LogP contribution in [0.3, 0.4) is 0 Å². The molecule has 1 unspecified atom stereocenters. The SMILES string of the molecule is CC1(c2ccc(F)cc2)NC(=O)N(CC(=O)NCc2ccc(Cn3ccccc3=O)cc2)C1=O. The van der Waals surface area contributed by atoms with Gasteiger partial charge in [-0.2, -0.15) is 0 Å². The summed E-state index contributed by atoms with van der Waals surface area (Å²) in [5.74, 6) is -1.53. The molecule has 174 valence electrons. The van der Waals surface area contributed by atoms with Crippen LogP contribution in [-0.4, -0.2) is 33.9 Å². The van der Waals surface area contributed by atoms with Crippen LogP contribution in [-0.2, 0) is 28.2 Å². The zero-order valence-electron chi connectivity index (χ0n) is 18.5. The van der Waals surface area contributed by atoms with Crippen molar-refractivity contribution in [2.45, 2.75) is 25.6 Å². The van der Waals surface area contributed by atoms with Crippen molar-refractivity contribution >= 4 is 17.8 Å². The standard InChI is InChI=1S/C25H23FN4O4/c1-25(19-9-11-20(26)12-10-19)23(33)30(24(34)28-25)16-21(31)27-14-17-5-7-18(8-6-17)15-29-13-3-2-4-22(29)32/h2-13H,14-16H2,1H3,(H,27,31)(H,28,34). The molecule has 9 heteroatoms. The average molecular weight is 462 g/mol. The first-order valence-electron chi connectivity index (χ1n) is 10.7. The highest BCUT2D eigenvalue weighted by Gasteiger charge is 2.49. The molecule has 8 nitrogen and oxygen atoms in total. The van der Waals surface area contributed by atoms with E-state index in [4.69, 9.17) is 0 Å². The van der Waals surface area contributed by atoms with Crippen LogP contribution in [0.5, 0.6) is 0 Å². The van der Waals surface area contributed by atoms with Crippen LogP contribution in [0.15, 0.2) is 77.7 Å². The van der Waals surface area contributed by atoms with Gasteiger partial charge in [-0.05, 0) is 41.8 Å². The van der Waals surface area contributed by atoms with Gasteiger partial charge in [-0.3, -0.25) is 19.3 Å². The number of benzene rings is 2. The van der Waals surface area contributed by atoms with Crippen molar-refractivity contribution in [3.05, 3.63) is 106 Å². The molecule has 1 aliphatic heterocycles. The molecule has 34 heavy (non-hydrogen) atoms. The van der Waals surface area contributed by atoms with Crippen molar-refractivity contribution in [2.24, 2.45) is 0 Å². The molecule has 4 amide bonds. The number of carbonyl (C=O) groups is 3. The number of nitrogens with one attached hydrogen (secondary N) is 2. The van der Waals surface area contributed by atoms with E-state index < -0.39 is 35.7 Å². The second kappa shape index (κ2) is 9.30. The van der Waals surface area contributed by atoms with Crippen LogP contribution in [0.4, 0.5) is 9.18 Å². The second-order valence-electron chi connectivity index (χ2n) is 8.21. The van der Waals surface area contributed by atoms with E-state index >= 15 is 0 Å². The molecule has 1 fully saturated rings. The summed E-state index contributed by atoms with van der Waals surface area (Å²) in [6, 6.07) is 17.0. The first kappa shape index (κ1) is 22.9. The third kappa shape index (κ3) is 4.73. The number of carbonyl (C=O) groups excluding carboxylic acids is 3. The first-order chi connectivity index (χ1) is 16.3. The summed E-state index contributed by atoms with van der Waals surface area (Å²) in [4.78, 5) is 50.4. The van der Waals surface area contributed by atoms with Crippen molar-refractivity contribution in [1.82, 2.24) is 20.1 Å². The predicted octanol–water partition coefficient (Wildman–Crippen LogP) is 2.12. The Morgan fingerprint density at radius 1 is 0.971 bits per heavy atom. The van der Waals surface area contributed by atoms with Gasteiger partial charge in [0.15, 0.2) is 0 Å². The van der Waals surface area contributed by atoms with Gasteiger partial charge in [0.1, 0.15) is 17.9 Å². The van der Waals surface area contributed by atoms with Crippen LogP contribution in [0.25, 0.3) is 0 Å². The molecule has 0 bridgehead atoms. The number of nitrogens with zero attached hydrogens (tertiary/aromatic N) is 2. The van der Waals surface area contributed by atoms with Gasteiger partial charge in [0.25, 0.3) is 11.5 Å². The quantitative estimate of drug-likeness (QED) is 0.526. The Bertz CT molecular complexity index is 1290. The fourth-order valence-electron chi connectivity index (χ4n) is 3.77. The molecule has 1 atom stereocenters. The first-order valence-corrected chi connectivity index (χ1v) is 10.7. The summed E-state index contributed by atoms with van der Waals surface area (Å²) in [5.41, 5.74) is 0.721. The molecule has 1 aromatic heterocycles. The summed E-state index contributed by atoms with van der Waals surface area (Å²) in [6.07, 6.45) is 1.72. The molecular weight excluding hydrogens is 439 g/mol. The molecule has 0 aliphatic carbocycles. The predicted molar refractivity (Wildman–Crippen MR) is 122 cm³/mol. The lowest BCUT2D eigenvalue weighted by Gasteiger charge is -2.22. The average Bonchev–Trinajstić information content (AvgIpc) is 3.04. The van der Waals surface area contributed by atoms with E-state index in [2.05, 4.69) is 10.6 Å². The summed E-state index contributed by atoms with van der Waals surface area (Å²) in [6.45, 7) is 1.73. The molecule has 3 aromatic rings. The zero-order chi connectivity index (χ0) is 24.3. The lowest BCUT2D eigenvalue weighted by Crippen LogP contribution is -2.43. The van der Waals surface area contributed by atoms with Gasteiger partial charge in [0.2, 0.25) is 5.91 Å². The maximum absolute atomic E-state index is 13.2. The number of hydrogen-bond acceptors (Lipinski definition) is 4. The van der Waals surface area contributed by atoms with Gasteiger partial charge in [0, 0.05) is 18.8 Å². The molecule has 0 saturated carbocycles. The van der Waals surface area contributed by atoms with E-state index in [-0.39, 0.29) is 12.1 Å². The number of urea groups is 1. The molecule has 2 N–H and O–H groups in total. The Kier molecular flexibility index (Phi) is 6.27. The third-order valence-corrected chi connectivity index (χ3v) is 5.76. The smallest absolute Gasteiger partial charge is 0.325 e. The normalized spacial score (nSPS) is 17.5. The Morgan fingerprint density at radius 2 is 1.65 bits per heavy atom. The topological polar surface area (TPSA) is 101 Å². The number of imide groups is 1. The fraction of sp³-hybridized carbons (Fsp3) is 0.200. The second-order valence-corrected chi connectivity index (χ2v) is 8.21. The van der Waals surface area contributed by atoms with Crippen LogP contribution in [0, 0.1) is 5.82 Å². The summed E-state index contributed by atoms with van der Waals surface area (Å²) in [7, 11) is 0. The highest BCUT2D eigenvalue weighted by Crippen LogP contribution is 2.28. The minimum atomic E-state index is -1.37. The number of aromatic nitrogens is 1. The van der Waals surface area contributed by atoms with Crippen LogP contribution < -0.4 is 16.2 Å². The molecule has 0 radical (unpaired) electrons. The largest absolute Gasteiger partial charge is 0.350 e. The Balaban J connectivity index is 1.33. The minimum Gasteiger partial charge on any atom is -0.350 e. The number of pyridine rings is 1. The molecule has 0 spiro atoms. The van der Waals surface area contributed by atoms with Gasteiger partial charge in [0.05, 0.1) is 6.54 Å². The number of halogens is 1. The van der Waals surface area contributed by atoms with Gasteiger partial charge >= 0.3 is 6.03 Å². The molecule has 2 aromatic carbocycles. The summed E-state index contributed by atoms with van der Waals surface area (Å²) in [5, 5.41) is 5.29. The lowest BCUT2D eigenvalue weighted by atomic mass is 9.92. The Labute approximate surface area is 195 Å². The monoisotopic (exact) mass is 462 g/mol. The van der Waals surface area contributed by atoms with Crippen LogP contribution >= 0.6 is 0 Å². The van der Waals surface area contributed by atoms with Crippen molar-refractivity contribution in [1.29, 1.82) is 0 Å². The van der Waals surface area contributed by atoms with Gasteiger partial charge in [-0.15, -0.1) is 0 Å². The Hall–Kier alpha value is -4.27. The van der Waals surface area contributed by atoms with Crippen LogP contribution in [0.2, 0.25) is 0 Å². The highest BCUT2D eigenvalue weighted by atomic mass is 19.1. The summed E-state index contributed by atoms with van der Waals surface area (Å²) < 4.78 is 14.8. The molecule has 2 heterocycles. The van der Waals surface area contributed by atoms with Gasteiger partial charge in [-0.1, -0.05) is 42.5 Å². The van der Waals surface area contributed by atoms with Crippen molar-refractivity contribution in [2.75, 3.05) is 6.54 Å². The van der Waals surface area contributed by atoms with Crippen molar-refractivity contribution in [3.8, 4) is 0 Å². The zero-order valence-corrected chi connectivity index (χ0v) is 18.5.